The lowest BCUT2D eigenvalue weighted by Crippen LogP contribution is -2.42. The van der Waals surface area contributed by atoms with Crippen molar-refractivity contribution in [3.8, 4) is 6.07 Å². The van der Waals surface area contributed by atoms with Crippen LogP contribution in [-0.4, -0.2) is 35.2 Å². The normalized spacial score (nSPS) is 19.7. The Hall–Kier alpha value is -3.71. The monoisotopic (exact) mass is 437 g/mol. The molecule has 0 bridgehead atoms. The van der Waals surface area contributed by atoms with Gasteiger partial charge in [-0.05, 0) is 49.4 Å². The van der Waals surface area contributed by atoms with E-state index in [1.807, 2.05) is 6.07 Å². The number of nitrogens with zero attached hydrogens (tertiary/aromatic N) is 2. The van der Waals surface area contributed by atoms with Crippen molar-refractivity contribution in [1.29, 1.82) is 5.26 Å². The van der Waals surface area contributed by atoms with Crippen molar-refractivity contribution in [2.75, 3.05) is 11.9 Å². The molecule has 4 N–H and O–H groups in total. The highest BCUT2D eigenvalue weighted by Crippen LogP contribution is 2.39. The number of carbonyl (C=O) groups excluding carboxylic acids is 4. The van der Waals surface area contributed by atoms with Crippen LogP contribution >= 0.6 is 11.3 Å². The van der Waals surface area contributed by atoms with E-state index in [9.17, 15) is 19.2 Å². The first-order valence-corrected chi connectivity index (χ1v) is 10.4. The molecule has 1 aromatic carbocycles. The van der Waals surface area contributed by atoms with Crippen LogP contribution in [-0.2, 0) is 28.0 Å². The highest BCUT2D eigenvalue weighted by molar-refractivity contribution is 7.17. The molecule has 1 atom stereocenters. The Morgan fingerprint density at radius 3 is 2.84 bits per heavy atom. The van der Waals surface area contributed by atoms with E-state index in [1.165, 1.54) is 24.3 Å². The Bertz CT molecular complexity index is 1180. The first kappa shape index (κ1) is 20.6. The van der Waals surface area contributed by atoms with E-state index in [4.69, 9.17) is 11.0 Å². The summed E-state index contributed by atoms with van der Waals surface area (Å²) in [7, 11) is 0. The van der Waals surface area contributed by atoms with Crippen molar-refractivity contribution < 1.29 is 19.2 Å². The van der Waals surface area contributed by atoms with Gasteiger partial charge in [-0.3, -0.25) is 19.3 Å². The van der Waals surface area contributed by atoms with Crippen molar-refractivity contribution in [1.82, 2.24) is 10.2 Å². The summed E-state index contributed by atoms with van der Waals surface area (Å²) in [4.78, 5) is 51.9. The van der Waals surface area contributed by atoms with Crippen LogP contribution in [0.5, 0.6) is 0 Å². The van der Waals surface area contributed by atoms with Crippen LogP contribution < -0.4 is 16.4 Å². The van der Waals surface area contributed by atoms with E-state index in [0.29, 0.717) is 21.7 Å². The molecule has 1 unspecified atom stereocenters. The fourth-order valence-electron chi connectivity index (χ4n) is 4.00. The number of imide groups is 1. The SMILES string of the molecule is CC1(c2cccc(C#N)c2)NC(=O)N(CC(=O)Nc2sc3c(c2C(N)=O)CCC3)C1=O. The van der Waals surface area contributed by atoms with Crippen LogP contribution in [0.3, 0.4) is 0 Å². The number of hydrogen-bond donors (Lipinski definition) is 3. The molecule has 0 spiro atoms. The van der Waals surface area contributed by atoms with E-state index in [0.717, 1.165) is 34.6 Å². The van der Waals surface area contributed by atoms with Crippen LogP contribution in [0.1, 0.15) is 45.3 Å². The van der Waals surface area contributed by atoms with Gasteiger partial charge in [-0.25, -0.2) is 4.79 Å². The molecule has 31 heavy (non-hydrogen) atoms. The van der Waals surface area contributed by atoms with Crippen molar-refractivity contribution in [2.45, 2.75) is 31.7 Å². The number of nitriles is 1. The minimum absolute atomic E-state index is 0.307. The minimum Gasteiger partial charge on any atom is -0.365 e. The smallest absolute Gasteiger partial charge is 0.325 e. The standard InChI is InChI=1S/C21H19N5O4S/c1-21(12-5-2-4-11(8-12)9-22)19(29)26(20(30)25-21)10-15(27)24-18-16(17(23)28)13-6-3-7-14(13)31-18/h2,4-5,8H,3,6-7,10H2,1H3,(H2,23,28)(H,24,27)(H,25,30). The molecule has 0 radical (unpaired) electrons. The van der Waals surface area contributed by atoms with Gasteiger partial charge < -0.3 is 16.4 Å². The second-order valence-electron chi connectivity index (χ2n) is 7.61. The van der Waals surface area contributed by atoms with Gasteiger partial charge in [-0.1, -0.05) is 12.1 Å². The lowest BCUT2D eigenvalue weighted by atomic mass is 9.91. The largest absolute Gasteiger partial charge is 0.365 e. The lowest BCUT2D eigenvalue weighted by Gasteiger charge is -2.22. The number of nitrogens with two attached hydrogens (primary N) is 1. The number of hydrogen-bond acceptors (Lipinski definition) is 6. The first-order valence-electron chi connectivity index (χ1n) is 9.63. The second kappa shape index (κ2) is 7.52. The summed E-state index contributed by atoms with van der Waals surface area (Å²) in [6.07, 6.45) is 2.49. The highest BCUT2D eigenvalue weighted by atomic mass is 32.1. The number of primary amides is 1. The minimum atomic E-state index is -1.40. The average molecular weight is 437 g/mol. The predicted octanol–water partition coefficient (Wildman–Crippen LogP) is 1.61. The maximum absolute atomic E-state index is 13.0. The summed E-state index contributed by atoms with van der Waals surface area (Å²) in [5.41, 5.74) is 6.07. The van der Waals surface area contributed by atoms with Crippen molar-refractivity contribution in [3.05, 3.63) is 51.4 Å². The average Bonchev–Trinajstić information content (AvgIpc) is 3.36. The van der Waals surface area contributed by atoms with Crippen molar-refractivity contribution in [3.63, 3.8) is 0 Å². The third-order valence-electron chi connectivity index (χ3n) is 5.57. The third-order valence-corrected chi connectivity index (χ3v) is 6.77. The molecule has 0 saturated carbocycles. The maximum atomic E-state index is 13.0. The number of carbonyl (C=O) groups is 4. The second-order valence-corrected chi connectivity index (χ2v) is 8.72. The number of rotatable bonds is 5. The first-order chi connectivity index (χ1) is 14.7. The van der Waals surface area contributed by atoms with Gasteiger partial charge in [0, 0.05) is 4.88 Å². The van der Waals surface area contributed by atoms with Crippen LogP contribution in [0.2, 0.25) is 0 Å². The fourth-order valence-corrected chi connectivity index (χ4v) is 5.31. The van der Waals surface area contributed by atoms with Gasteiger partial charge in [0.2, 0.25) is 5.91 Å². The molecule has 10 heteroatoms. The Morgan fingerprint density at radius 1 is 1.35 bits per heavy atom. The maximum Gasteiger partial charge on any atom is 0.325 e. The molecule has 2 aliphatic rings. The Labute approximate surface area is 181 Å². The van der Waals surface area contributed by atoms with E-state index in [1.54, 1.807) is 18.2 Å². The Balaban J connectivity index is 1.53. The quantitative estimate of drug-likeness (QED) is 0.609. The van der Waals surface area contributed by atoms with Gasteiger partial charge in [0.1, 0.15) is 17.1 Å². The van der Waals surface area contributed by atoms with E-state index in [2.05, 4.69) is 10.6 Å². The molecule has 1 aromatic heterocycles. The number of benzene rings is 1. The number of fused-ring (bicyclic) bond motifs is 1. The van der Waals surface area contributed by atoms with Gasteiger partial charge in [0.05, 0.1) is 17.2 Å². The summed E-state index contributed by atoms with van der Waals surface area (Å²) < 4.78 is 0. The Morgan fingerprint density at radius 2 is 2.13 bits per heavy atom. The summed E-state index contributed by atoms with van der Waals surface area (Å²) >= 11 is 1.30. The van der Waals surface area contributed by atoms with Crippen molar-refractivity contribution in [2.24, 2.45) is 5.73 Å². The van der Waals surface area contributed by atoms with Gasteiger partial charge in [0.25, 0.3) is 11.8 Å². The number of thiophene rings is 1. The number of amides is 5. The zero-order valence-electron chi connectivity index (χ0n) is 16.7. The highest BCUT2D eigenvalue weighted by Gasteiger charge is 2.49. The van der Waals surface area contributed by atoms with Gasteiger partial charge in [-0.15, -0.1) is 11.3 Å². The molecule has 1 aliphatic heterocycles. The van der Waals surface area contributed by atoms with Gasteiger partial charge >= 0.3 is 6.03 Å². The molecule has 9 nitrogen and oxygen atoms in total. The number of nitrogens with one attached hydrogen (secondary N) is 2. The molecule has 2 aromatic rings. The predicted molar refractivity (Wildman–Crippen MR) is 112 cm³/mol. The molecule has 158 valence electrons. The molecule has 1 saturated heterocycles. The summed E-state index contributed by atoms with van der Waals surface area (Å²) in [6.45, 7) is 1.01. The molecule has 2 heterocycles. The molecule has 1 fully saturated rings. The molecular weight excluding hydrogens is 418 g/mol. The fraction of sp³-hybridized carbons (Fsp3) is 0.286. The van der Waals surface area contributed by atoms with Gasteiger partial charge in [0.15, 0.2) is 0 Å². The van der Waals surface area contributed by atoms with Gasteiger partial charge in [-0.2, -0.15) is 5.26 Å². The molecular formula is C21H19N5O4S. The topological polar surface area (TPSA) is 145 Å². The van der Waals surface area contributed by atoms with Crippen LogP contribution in [0.25, 0.3) is 0 Å². The number of aryl methyl sites for hydroxylation is 1. The van der Waals surface area contributed by atoms with Crippen LogP contribution in [0, 0.1) is 11.3 Å². The van der Waals surface area contributed by atoms with E-state index in [-0.39, 0.29) is 0 Å². The summed E-state index contributed by atoms with van der Waals surface area (Å²) in [6, 6.07) is 7.65. The zero-order chi connectivity index (χ0) is 22.3. The number of urea groups is 1. The third kappa shape index (κ3) is 3.43. The van der Waals surface area contributed by atoms with Crippen LogP contribution in [0.4, 0.5) is 9.80 Å². The number of anilines is 1. The van der Waals surface area contributed by atoms with Crippen molar-refractivity contribution >= 4 is 40.1 Å². The Kier molecular flexibility index (Phi) is 4.99. The van der Waals surface area contributed by atoms with E-state index >= 15 is 0 Å². The van der Waals surface area contributed by atoms with E-state index < -0.39 is 35.8 Å². The zero-order valence-corrected chi connectivity index (χ0v) is 17.5. The molecule has 4 rings (SSSR count). The van der Waals surface area contributed by atoms with Crippen LogP contribution in [0.15, 0.2) is 24.3 Å². The summed E-state index contributed by atoms with van der Waals surface area (Å²) in [5, 5.41) is 14.7. The molecule has 5 amide bonds. The lowest BCUT2D eigenvalue weighted by molar-refractivity contribution is -0.133. The molecule has 1 aliphatic carbocycles. The summed E-state index contributed by atoms with van der Waals surface area (Å²) in [5.74, 6) is -1.83.